The van der Waals surface area contributed by atoms with Crippen LogP contribution in [0.1, 0.15) is 18.4 Å². The van der Waals surface area contributed by atoms with Gasteiger partial charge < -0.3 is 9.47 Å². The van der Waals surface area contributed by atoms with Crippen molar-refractivity contribution in [1.29, 1.82) is 0 Å². The summed E-state index contributed by atoms with van der Waals surface area (Å²) in [6, 6.07) is 7.50. The summed E-state index contributed by atoms with van der Waals surface area (Å²) in [6.45, 7) is 0. The average Bonchev–Trinajstić information content (AvgIpc) is 3.17. The van der Waals surface area contributed by atoms with Crippen LogP contribution < -0.4 is 4.74 Å². The summed E-state index contributed by atoms with van der Waals surface area (Å²) in [4.78, 5) is 15.9. The number of nitrogens with zero attached hydrogens (tertiary/aromatic N) is 1. The Bertz CT molecular complexity index is 556. The Morgan fingerprint density at radius 3 is 2.89 bits per heavy atom. The second kappa shape index (κ2) is 4.29. The summed E-state index contributed by atoms with van der Waals surface area (Å²) < 4.78 is 10.4. The molecule has 2 aliphatic rings. The molecule has 0 aromatic heterocycles. The van der Waals surface area contributed by atoms with E-state index in [2.05, 4.69) is 4.99 Å². The van der Waals surface area contributed by atoms with Gasteiger partial charge in [-0.1, -0.05) is 18.2 Å². The molecule has 0 saturated heterocycles. The Hall–Kier alpha value is -2.10. The van der Waals surface area contributed by atoms with Crippen LogP contribution in [0.4, 0.5) is 0 Å². The molecule has 1 aromatic carbocycles. The van der Waals surface area contributed by atoms with Gasteiger partial charge in [-0.25, -0.2) is 9.79 Å². The molecule has 1 aromatic rings. The zero-order valence-corrected chi connectivity index (χ0v) is 10.1. The fourth-order valence-electron chi connectivity index (χ4n) is 1.86. The van der Waals surface area contributed by atoms with Gasteiger partial charge in [0.05, 0.1) is 7.11 Å². The van der Waals surface area contributed by atoms with E-state index in [1.54, 1.807) is 13.2 Å². The summed E-state index contributed by atoms with van der Waals surface area (Å²) >= 11 is 0. The molecule has 0 spiro atoms. The minimum Gasteiger partial charge on any atom is -0.496 e. The number of esters is 1. The van der Waals surface area contributed by atoms with Crippen LogP contribution >= 0.6 is 0 Å². The first-order valence-corrected chi connectivity index (χ1v) is 5.93. The monoisotopic (exact) mass is 243 g/mol. The molecule has 1 saturated carbocycles. The fraction of sp³-hybridized carbons (Fsp3) is 0.286. The van der Waals surface area contributed by atoms with Gasteiger partial charge in [-0.2, -0.15) is 0 Å². The number of rotatable bonds is 3. The number of carbonyl (C=O) groups is 1. The second-order valence-electron chi connectivity index (χ2n) is 4.39. The van der Waals surface area contributed by atoms with Crippen molar-refractivity contribution in [2.75, 3.05) is 7.11 Å². The summed E-state index contributed by atoms with van der Waals surface area (Å²) in [7, 11) is 1.60. The molecule has 4 heteroatoms. The molecule has 0 bridgehead atoms. The summed E-state index contributed by atoms with van der Waals surface area (Å²) in [5, 5.41) is 0. The third-order valence-corrected chi connectivity index (χ3v) is 2.99. The van der Waals surface area contributed by atoms with Gasteiger partial charge in [0.2, 0.25) is 5.90 Å². The van der Waals surface area contributed by atoms with Crippen molar-refractivity contribution in [2.24, 2.45) is 10.9 Å². The zero-order chi connectivity index (χ0) is 12.5. The maximum absolute atomic E-state index is 11.7. The third kappa shape index (κ3) is 2.01. The minimum atomic E-state index is -0.372. The molecule has 18 heavy (non-hydrogen) atoms. The Balaban J connectivity index is 1.93. The number of benzene rings is 1. The number of methoxy groups -OCH3 is 1. The quantitative estimate of drug-likeness (QED) is 0.605. The molecule has 3 rings (SSSR count). The number of cyclic esters (lactones) is 1. The summed E-state index contributed by atoms with van der Waals surface area (Å²) in [6.07, 6.45) is 3.83. The fourth-order valence-corrected chi connectivity index (χ4v) is 1.86. The van der Waals surface area contributed by atoms with Gasteiger partial charge in [0.15, 0.2) is 5.70 Å². The van der Waals surface area contributed by atoms with E-state index in [1.165, 1.54) is 0 Å². The first-order valence-electron chi connectivity index (χ1n) is 5.93. The van der Waals surface area contributed by atoms with Crippen molar-refractivity contribution in [2.45, 2.75) is 12.8 Å². The largest absolute Gasteiger partial charge is 0.496 e. The lowest BCUT2D eigenvalue weighted by Gasteiger charge is -2.03. The van der Waals surface area contributed by atoms with Crippen LogP contribution in [0.2, 0.25) is 0 Å². The van der Waals surface area contributed by atoms with E-state index >= 15 is 0 Å². The minimum absolute atomic E-state index is 0.345. The summed E-state index contributed by atoms with van der Waals surface area (Å²) in [5.41, 5.74) is 1.18. The van der Waals surface area contributed by atoms with E-state index < -0.39 is 0 Å². The molecule has 1 aliphatic heterocycles. The van der Waals surface area contributed by atoms with Gasteiger partial charge in [-0.05, 0) is 25.0 Å². The van der Waals surface area contributed by atoms with Crippen LogP contribution in [0.25, 0.3) is 6.08 Å². The molecule has 4 nitrogen and oxygen atoms in total. The topological polar surface area (TPSA) is 47.9 Å². The van der Waals surface area contributed by atoms with Gasteiger partial charge in [0, 0.05) is 11.5 Å². The Kier molecular flexibility index (Phi) is 2.63. The molecule has 0 radical (unpaired) electrons. The number of hydrogen-bond donors (Lipinski definition) is 0. The Morgan fingerprint density at radius 2 is 2.17 bits per heavy atom. The van der Waals surface area contributed by atoms with Crippen molar-refractivity contribution < 1.29 is 14.3 Å². The smallest absolute Gasteiger partial charge is 0.363 e. The zero-order valence-electron chi connectivity index (χ0n) is 10.1. The first-order chi connectivity index (χ1) is 8.78. The molecule has 1 fully saturated rings. The van der Waals surface area contributed by atoms with Crippen molar-refractivity contribution in [1.82, 2.24) is 0 Å². The normalized spacial score (nSPS) is 20.8. The van der Waals surface area contributed by atoms with Gasteiger partial charge in [-0.15, -0.1) is 0 Å². The summed E-state index contributed by atoms with van der Waals surface area (Å²) in [5.74, 6) is 1.26. The number of carbonyl (C=O) groups excluding carboxylic acids is 1. The van der Waals surface area contributed by atoms with Gasteiger partial charge in [0.25, 0.3) is 0 Å². The van der Waals surface area contributed by atoms with Crippen LogP contribution in [0, 0.1) is 5.92 Å². The van der Waals surface area contributed by atoms with Crippen molar-refractivity contribution in [3.8, 4) is 5.75 Å². The van der Waals surface area contributed by atoms with Gasteiger partial charge in [0.1, 0.15) is 5.75 Å². The van der Waals surface area contributed by atoms with E-state index in [4.69, 9.17) is 9.47 Å². The van der Waals surface area contributed by atoms with E-state index in [1.807, 2.05) is 24.3 Å². The lowest BCUT2D eigenvalue weighted by Crippen LogP contribution is -2.05. The van der Waals surface area contributed by atoms with Crippen LogP contribution in [0.5, 0.6) is 5.75 Å². The molecule has 0 atom stereocenters. The highest BCUT2D eigenvalue weighted by atomic mass is 16.6. The molecular weight excluding hydrogens is 230 g/mol. The average molecular weight is 243 g/mol. The molecule has 1 heterocycles. The van der Waals surface area contributed by atoms with E-state index in [-0.39, 0.29) is 5.97 Å². The Morgan fingerprint density at radius 1 is 1.39 bits per heavy atom. The van der Waals surface area contributed by atoms with Gasteiger partial charge >= 0.3 is 5.97 Å². The van der Waals surface area contributed by atoms with Crippen LogP contribution in [-0.2, 0) is 9.53 Å². The van der Waals surface area contributed by atoms with Crippen molar-refractivity contribution >= 4 is 17.9 Å². The highest BCUT2D eigenvalue weighted by Gasteiger charge is 2.35. The predicted molar refractivity (Wildman–Crippen MR) is 67.2 cm³/mol. The van der Waals surface area contributed by atoms with Gasteiger partial charge in [-0.3, -0.25) is 0 Å². The maximum atomic E-state index is 11.7. The highest BCUT2D eigenvalue weighted by Crippen LogP contribution is 2.34. The standard InChI is InChI=1S/C14H13NO3/c1-17-12-5-3-2-4-10(12)8-11-14(16)18-13(15-11)9-6-7-9/h2-5,8-9H,6-7H2,1H3/b11-8+. The maximum Gasteiger partial charge on any atom is 0.363 e. The van der Waals surface area contributed by atoms with Crippen LogP contribution in [0.3, 0.4) is 0 Å². The number of aliphatic imine (C=N–C) groups is 1. The molecule has 92 valence electrons. The van der Waals surface area contributed by atoms with Crippen molar-refractivity contribution in [3.63, 3.8) is 0 Å². The highest BCUT2D eigenvalue weighted by molar-refractivity contribution is 6.08. The van der Waals surface area contributed by atoms with Crippen molar-refractivity contribution in [3.05, 3.63) is 35.5 Å². The molecule has 0 unspecified atom stereocenters. The lowest BCUT2D eigenvalue weighted by molar-refractivity contribution is -0.130. The number of hydrogen-bond acceptors (Lipinski definition) is 4. The Labute approximate surface area is 105 Å². The molecule has 0 N–H and O–H groups in total. The first kappa shape index (κ1) is 11.0. The lowest BCUT2D eigenvalue weighted by atomic mass is 10.1. The van der Waals surface area contributed by atoms with Crippen LogP contribution in [-0.4, -0.2) is 19.0 Å². The van der Waals surface area contributed by atoms with E-state index in [0.717, 1.165) is 18.4 Å². The number of ether oxygens (including phenoxy) is 2. The van der Waals surface area contributed by atoms with Crippen LogP contribution in [0.15, 0.2) is 35.0 Å². The van der Waals surface area contributed by atoms with E-state index in [9.17, 15) is 4.79 Å². The SMILES string of the molecule is COc1ccccc1/C=C1/N=C(C2CC2)OC1=O. The predicted octanol–water partition coefficient (Wildman–Crippen LogP) is 2.40. The molecular formula is C14H13NO3. The number of para-hydroxylation sites is 1. The third-order valence-electron chi connectivity index (χ3n) is 2.99. The molecule has 0 amide bonds. The molecule has 1 aliphatic carbocycles. The second-order valence-corrected chi connectivity index (χ2v) is 4.39. The van der Waals surface area contributed by atoms with E-state index in [0.29, 0.717) is 23.3 Å².